The van der Waals surface area contributed by atoms with Crippen LogP contribution in [0.4, 0.5) is 5.69 Å². The van der Waals surface area contributed by atoms with Crippen molar-refractivity contribution in [3.8, 4) is 11.5 Å². The third-order valence-electron chi connectivity index (χ3n) is 3.12. The van der Waals surface area contributed by atoms with Crippen LogP contribution in [0.15, 0.2) is 18.2 Å². The minimum atomic E-state index is -0.00282. The molecule has 118 valence electrons. The number of methoxy groups -OCH3 is 1. The second-order valence-electron chi connectivity index (χ2n) is 4.80. The first-order valence-corrected chi connectivity index (χ1v) is 7.52. The third kappa shape index (κ3) is 6.49. The molecule has 1 rings (SSSR count). The van der Waals surface area contributed by atoms with E-state index in [1.807, 2.05) is 13.0 Å². The number of nitrogens with two attached hydrogens (primary N) is 1. The Morgan fingerprint density at radius 3 is 2.67 bits per heavy atom. The molecule has 1 amide bonds. The molecule has 5 heteroatoms. The number of benzene rings is 1. The summed E-state index contributed by atoms with van der Waals surface area (Å²) in [5.74, 6) is 1.35. The lowest BCUT2D eigenvalue weighted by Crippen LogP contribution is -2.12. The number of nitrogens with one attached hydrogen (secondary N) is 1. The zero-order valence-electron chi connectivity index (χ0n) is 13.0. The van der Waals surface area contributed by atoms with Gasteiger partial charge in [0, 0.05) is 12.5 Å². The molecule has 0 spiro atoms. The van der Waals surface area contributed by atoms with E-state index in [1.165, 1.54) is 0 Å². The van der Waals surface area contributed by atoms with Crippen molar-refractivity contribution in [2.45, 2.75) is 39.0 Å². The van der Waals surface area contributed by atoms with Gasteiger partial charge in [0.2, 0.25) is 5.91 Å². The van der Waals surface area contributed by atoms with E-state index in [0.29, 0.717) is 36.8 Å². The molecule has 0 fully saturated rings. The van der Waals surface area contributed by atoms with E-state index in [9.17, 15) is 4.79 Å². The molecule has 0 radical (unpaired) electrons. The average molecular weight is 294 g/mol. The first-order chi connectivity index (χ1) is 10.2. The highest BCUT2D eigenvalue weighted by Gasteiger charge is 2.09. The monoisotopic (exact) mass is 294 g/mol. The molecule has 5 nitrogen and oxygen atoms in total. The van der Waals surface area contributed by atoms with Crippen molar-refractivity contribution in [2.24, 2.45) is 5.73 Å². The Bertz CT molecular complexity index is 436. The van der Waals surface area contributed by atoms with Gasteiger partial charge >= 0.3 is 0 Å². The molecule has 0 aliphatic carbocycles. The number of rotatable bonds is 10. The Kier molecular flexibility index (Phi) is 8.28. The second kappa shape index (κ2) is 10.0. The van der Waals surface area contributed by atoms with E-state index < -0.39 is 0 Å². The lowest BCUT2D eigenvalue weighted by atomic mass is 10.1. The predicted molar refractivity (Wildman–Crippen MR) is 84.9 cm³/mol. The fraction of sp³-hybridized carbons (Fsp3) is 0.562. The number of ether oxygens (including phenoxy) is 2. The highest BCUT2D eigenvalue weighted by Crippen LogP contribution is 2.29. The number of unbranched alkanes of at least 4 members (excludes halogenated alkanes) is 3. The summed E-state index contributed by atoms with van der Waals surface area (Å²) in [7, 11) is 1.60. The zero-order chi connectivity index (χ0) is 15.5. The molecule has 0 heterocycles. The number of hydrogen-bond donors (Lipinski definition) is 2. The van der Waals surface area contributed by atoms with E-state index >= 15 is 0 Å². The molecule has 0 atom stereocenters. The molecule has 1 aromatic rings. The highest BCUT2D eigenvalue weighted by atomic mass is 16.5. The van der Waals surface area contributed by atoms with Crippen molar-refractivity contribution < 1.29 is 14.3 Å². The van der Waals surface area contributed by atoms with Crippen LogP contribution in [0.1, 0.15) is 39.0 Å². The minimum Gasteiger partial charge on any atom is -0.497 e. The van der Waals surface area contributed by atoms with E-state index in [-0.39, 0.29) is 5.91 Å². The van der Waals surface area contributed by atoms with Crippen LogP contribution < -0.4 is 20.5 Å². The first-order valence-electron chi connectivity index (χ1n) is 7.52. The number of carbonyl (C=O) groups excluding carboxylic acids is 1. The van der Waals surface area contributed by atoms with Gasteiger partial charge < -0.3 is 20.5 Å². The lowest BCUT2D eigenvalue weighted by molar-refractivity contribution is -0.116. The summed E-state index contributed by atoms with van der Waals surface area (Å²) in [6.07, 6.45) is 4.51. The van der Waals surface area contributed by atoms with Crippen molar-refractivity contribution in [3.63, 3.8) is 0 Å². The van der Waals surface area contributed by atoms with Gasteiger partial charge in [-0.2, -0.15) is 0 Å². The Hall–Kier alpha value is -1.75. The molecule has 0 saturated carbocycles. The molecule has 0 bridgehead atoms. The highest BCUT2D eigenvalue weighted by molar-refractivity contribution is 5.92. The summed E-state index contributed by atoms with van der Waals surface area (Å²) in [6.45, 7) is 3.18. The standard InChI is InChI=1S/C16H26N2O3/c1-3-21-15-10-9-13(20-2)12-14(15)18-16(19)8-6-4-5-7-11-17/h9-10,12H,3-8,11,17H2,1-2H3,(H,18,19). The number of anilines is 1. The summed E-state index contributed by atoms with van der Waals surface area (Å²) in [4.78, 5) is 12.0. The van der Waals surface area contributed by atoms with Crippen molar-refractivity contribution >= 4 is 11.6 Å². The van der Waals surface area contributed by atoms with Crippen molar-refractivity contribution in [1.29, 1.82) is 0 Å². The van der Waals surface area contributed by atoms with Crippen molar-refractivity contribution in [1.82, 2.24) is 0 Å². The topological polar surface area (TPSA) is 73.6 Å². The molecule has 0 aliphatic rings. The zero-order valence-corrected chi connectivity index (χ0v) is 13.0. The van der Waals surface area contributed by atoms with Crippen LogP contribution in [0.5, 0.6) is 11.5 Å². The van der Waals surface area contributed by atoms with Gasteiger partial charge in [-0.05, 0) is 38.4 Å². The van der Waals surface area contributed by atoms with E-state index in [2.05, 4.69) is 5.32 Å². The van der Waals surface area contributed by atoms with Gasteiger partial charge in [-0.15, -0.1) is 0 Å². The summed E-state index contributed by atoms with van der Waals surface area (Å²) in [5.41, 5.74) is 6.10. The fourth-order valence-electron chi connectivity index (χ4n) is 2.01. The van der Waals surface area contributed by atoms with Crippen molar-refractivity contribution in [2.75, 3.05) is 25.6 Å². The molecule has 21 heavy (non-hydrogen) atoms. The normalized spacial score (nSPS) is 10.2. The maximum absolute atomic E-state index is 12.0. The maximum Gasteiger partial charge on any atom is 0.224 e. The molecular formula is C16H26N2O3. The fourth-order valence-corrected chi connectivity index (χ4v) is 2.01. The van der Waals surface area contributed by atoms with Gasteiger partial charge in [-0.3, -0.25) is 4.79 Å². The van der Waals surface area contributed by atoms with Crippen LogP contribution in [0.3, 0.4) is 0 Å². The van der Waals surface area contributed by atoms with Crippen LogP contribution in [-0.4, -0.2) is 26.2 Å². The SMILES string of the molecule is CCOc1ccc(OC)cc1NC(=O)CCCCCCN. The second-order valence-corrected chi connectivity index (χ2v) is 4.80. The number of hydrogen-bond acceptors (Lipinski definition) is 4. The molecule has 3 N–H and O–H groups in total. The molecular weight excluding hydrogens is 268 g/mol. The quantitative estimate of drug-likeness (QED) is 0.651. The van der Waals surface area contributed by atoms with Gasteiger partial charge in [0.1, 0.15) is 11.5 Å². The number of carbonyl (C=O) groups is 1. The Labute approximate surface area is 126 Å². The van der Waals surface area contributed by atoms with Gasteiger partial charge in [0.15, 0.2) is 0 Å². The molecule has 0 saturated heterocycles. The summed E-state index contributed by atoms with van der Waals surface area (Å²) < 4.78 is 10.7. The Morgan fingerprint density at radius 2 is 2.00 bits per heavy atom. The van der Waals surface area contributed by atoms with Crippen LogP contribution in [-0.2, 0) is 4.79 Å². The number of amides is 1. The molecule has 0 aliphatic heterocycles. The lowest BCUT2D eigenvalue weighted by Gasteiger charge is -2.13. The Morgan fingerprint density at radius 1 is 1.24 bits per heavy atom. The van der Waals surface area contributed by atoms with Crippen LogP contribution in [0.25, 0.3) is 0 Å². The van der Waals surface area contributed by atoms with Gasteiger partial charge in [0.05, 0.1) is 19.4 Å². The van der Waals surface area contributed by atoms with Gasteiger partial charge in [0.25, 0.3) is 0 Å². The summed E-state index contributed by atoms with van der Waals surface area (Å²) >= 11 is 0. The van der Waals surface area contributed by atoms with Crippen LogP contribution >= 0.6 is 0 Å². The average Bonchev–Trinajstić information content (AvgIpc) is 2.49. The van der Waals surface area contributed by atoms with Crippen LogP contribution in [0.2, 0.25) is 0 Å². The van der Waals surface area contributed by atoms with Gasteiger partial charge in [-0.1, -0.05) is 12.8 Å². The molecule has 0 aromatic heterocycles. The predicted octanol–water partition coefficient (Wildman–Crippen LogP) is 2.94. The van der Waals surface area contributed by atoms with Crippen molar-refractivity contribution in [3.05, 3.63) is 18.2 Å². The largest absolute Gasteiger partial charge is 0.497 e. The molecule has 0 unspecified atom stereocenters. The Balaban J connectivity index is 2.53. The van der Waals surface area contributed by atoms with E-state index in [4.69, 9.17) is 15.2 Å². The summed E-state index contributed by atoms with van der Waals surface area (Å²) in [6, 6.07) is 5.39. The minimum absolute atomic E-state index is 0.00282. The first kappa shape index (κ1) is 17.3. The van der Waals surface area contributed by atoms with E-state index in [1.54, 1.807) is 19.2 Å². The summed E-state index contributed by atoms with van der Waals surface area (Å²) in [5, 5.41) is 2.89. The van der Waals surface area contributed by atoms with E-state index in [0.717, 1.165) is 25.7 Å². The van der Waals surface area contributed by atoms with Crippen LogP contribution in [0, 0.1) is 0 Å². The molecule has 1 aromatic carbocycles. The smallest absolute Gasteiger partial charge is 0.224 e. The third-order valence-corrected chi connectivity index (χ3v) is 3.12. The van der Waals surface area contributed by atoms with Gasteiger partial charge in [-0.25, -0.2) is 0 Å². The maximum atomic E-state index is 12.0.